The zero-order chi connectivity index (χ0) is 19.8. The molecule has 30 heavy (non-hydrogen) atoms. The minimum absolute atomic E-state index is 0. The molecule has 2 N–H and O–H groups in total. The van der Waals surface area contributed by atoms with E-state index in [0.29, 0.717) is 18.4 Å². The number of nitrogens with one attached hydrogen (secondary N) is 2. The van der Waals surface area contributed by atoms with Crippen LogP contribution in [0, 0.1) is 11.8 Å². The Morgan fingerprint density at radius 2 is 2.03 bits per heavy atom. The molecule has 2 aliphatic heterocycles. The van der Waals surface area contributed by atoms with Crippen molar-refractivity contribution in [1.29, 1.82) is 0 Å². The van der Waals surface area contributed by atoms with Gasteiger partial charge in [-0.25, -0.2) is 0 Å². The van der Waals surface area contributed by atoms with Gasteiger partial charge < -0.3 is 15.5 Å². The summed E-state index contributed by atoms with van der Waals surface area (Å²) < 4.78 is 0. The van der Waals surface area contributed by atoms with Crippen LogP contribution in [0.3, 0.4) is 0 Å². The number of piperidine rings is 1. The lowest BCUT2D eigenvalue weighted by Gasteiger charge is -2.34. The molecule has 5 rings (SSSR count). The van der Waals surface area contributed by atoms with Crippen LogP contribution in [0.4, 0.5) is 0 Å². The first kappa shape index (κ1) is 21.6. The molecule has 2 amide bonds. The van der Waals surface area contributed by atoms with Gasteiger partial charge in [-0.05, 0) is 75.0 Å². The first-order chi connectivity index (χ1) is 14.2. The van der Waals surface area contributed by atoms with Gasteiger partial charge in [-0.2, -0.15) is 0 Å². The molecular weight excluding hydrogens is 398 g/mol. The number of benzene rings is 1. The van der Waals surface area contributed by atoms with Crippen molar-refractivity contribution >= 4 is 24.2 Å². The molecule has 4 atom stereocenters. The number of carbonyl (C=O) groups is 2. The lowest BCUT2D eigenvalue weighted by Crippen LogP contribution is -2.47. The highest BCUT2D eigenvalue weighted by Gasteiger charge is 2.60. The summed E-state index contributed by atoms with van der Waals surface area (Å²) in [4.78, 5) is 27.8. The number of amides is 2. The van der Waals surface area contributed by atoms with Gasteiger partial charge in [-0.3, -0.25) is 9.59 Å². The average molecular weight is 432 g/mol. The number of rotatable bonds is 4. The van der Waals surface area contributed by atoms with Gasteiger partial charge in [0.2, 0.25) is 11.8 Å². The van der Waals surface area contributed by atoms with Crippen LogP contribution in [0.1, 0.15) is 56.1 Å². The van der Waals surface area contributed by atoms with Crippen molar-refractivity contribution < 1.29 is 9.59 Å². The van der Waals surface area contributed by atoms with Gasteiger partial charge in [0.05, 0.1) is 6.04 Å². The van der Waals surface area contributed by atoms with Crippen molar-refractivity contribution in [3.63, 3.8) is 0 Å². The predicted molar refractivity (Wildman–Crippen MR) is 120 cm³/mol. The summed E-state index contributed by atoms with van der Waals surface area (Å²) in [5.74, 6) is 1.03. The Bertz CT molecular complexity index is 794. The first-order valence-corrected chi connectivity index (χ1v) is 11.6. The normalized spacial score (nSPS) is 32.3. The third-order valence-electron chi connectivity index (χ3n) is 7.77. The standard InChI is InChI=1S/C24H33N3O2.ClH/c28-22(21-10-4-12-25-21)26-15-17-6-5-13-27(16-17)23(29)20-14-24(20)11-3-8-18-7-1-2-9-19(18)24;/h1-2,7,9,17,20-21,25H,3-6,8,10-16H2,(H,26,28);1H. The third kappa shape index (κ3) is 3.99. The van der Waals surface area contributed by atoms with Crippen LogP contribution in [-0.4, -0.2) is 48.9 Å². The van der Waals surface area contributed by atoms with E-state index in [1.807, 2.05) is 0 Å². The molecule has 2 aliphatic carbocycles. The van der Waals surface area contributed by atoms with E-state index < -0.39 is 0 Å². The van der Waals surface area contributed by atoms with Gasteiger partial charge in [0.25, 0.3) is 0 Å². The summed E-state index contributed by atoms with van der Waals surface area (Å²) in [6, 6.07) is 8.74. The second-order valence-electron chi connectivity index (χ2n) is 9.61. The molecule has 1 aromatic carbocycles. The summed E-state index contributed by atoms with van der Waals surface area (Å²) in [6.45, 7) is 3.31. The number of hydrogen-bond acceptors (Lipinski definition) is 3. The summed E-state index contributed by atoms with van der Waals surface area (Å²) in [5.41, 5.74) is 3.00. The monoisotopic (exact) mass is 431 g/mol. The quantitative estimate of drug-likeness (QED) is 0.770. The zero-order valence-corrected chi connectivity index (χ0v) is 18.5. The highest BCUT2D eigenvalue weighted by Crippen LogP contribution is 2.60. The molecule has 4 unspecified atom stereocenters. The smallest absolute Gasteiger partial charge is 0.237 e. The zero-order valence-electron chi connectivity index (χ0n) is 17.7. The summed E-state index contributed by atoms with van der Waals surface area (Å²) in [5, 5.41) is 6.39. The highest BCUT2D eigenvalue weighted by molar-refractivity contribution is 5.85. The van der Waals surface area contributed by atoms with Crippen molar-refractivity contribution in [1.82, 2.24) is 15.5 Å². The van der Waals surface area contributed by atoms with Crippen LogP contribution in [0.5, 0.6) is 0 Å². The maximum absolute atomic E-state index is 13.4. The van der Waals surface area contributed by atoms with E-state index in [-0.39, 0.29) is 35.7 Å². The SMILES string of the molecule is Cl.O=C(NCC1CCCN(C(=O)C2CC23CCCc2ccccc23)C1)C1CCCN1. The molecule has 3 fully saturated rings. The molecule has 1 saturated carbocycles. The Morgan fingerprint density at radius 3 is 2.87 bits per heavy atom. The molecule has 0 aromatic heterocycles. The van der Waals surface area contributed by atoms with Crippen LogP contribution >= 0.6 is 12.4 Å². The Labute approximate surface area is 185 Å². The van der Waals surface area contributed by atoms with E-state index in [4.69, 9.17) is 0 Å². The molecule has 1 aromatic rings. The van der Waals surface area contributed by atoms with Gasteiger partial charge in [0.15, 0.2) is 0 Å². The third-order valence-corrected chi connectivity index (χ3v) is 7.77. The lowest BCUT2D eigenvalue weighted by atomic mass is 9.78. The Kier molecular flexibility index (Phi) is 6.40. The minimum Gasteiger partial charge on any atom is -0.354 e. The van der Waals surface area contributed by atoms with Crippen LogP contribution in [-0.2, 0) is 21.4 Å². The number of hydrogen-bond donors (Lipinski definition) is 2. The molecule has 2 heterocycles. The number of carbonyl (C=O) groups excluding carboxylic acids is 2. The lowest BCUT2D eigenvalue weighted by molar-refractivity contribution is -0.135. The van der Waals surface area contributed by atoms with Crippen molar-refractivity contribution in [3.8, 4) is 0 Å². The number of nitrogens with zero attached hydrogens (tertiary/aromatic N) is 1. The van der Waals surface area contributed by atoms with E-state index in [0.717, 1.165) is 64.6 Å². The second-order valence-corrected chi connectivity index (χ2v) is 9.61. The number of halogens is 1. The molecule has 0 bridgehead atoms. The summed E-state index contributed by atoms with van der Waals surface area (Å²) in [6.07, 6.45) is 8.69. The molecule has 0 radical (unpaired) electrons. The molecule has 6 heteroatoms. The molecule has 164 valence electrons. The van der Waals surface area contributed by atoms with Crippen LogP contribution in [0.25, 0.3) is 0 Å². The first-order valence-electron chi connectivity index (χ1n) is 11.6. The summed E-state index contributed by atoms with van der Waals surface area (Å²) >= 11 is 0. The maximum Gasteiger partial charge on any atom is 0.237 e. The number of fused-ring (bicyclic) bond motifs is 2. The summed E-state index contributed by atoms with van der Waals surface area (Å²) in [7, 11) is 0. The fraction of sp³-hybridized carbons (Fsp3) is 0.667. The molecular formula is C24H34ClN3O2. The molecule has 1 spiro atoms. The molecule has 4 aliphatic rings. The largest absolute Gasteiger partial charge is 0.354 e. The van der Waals surface area contributed by atoms with Gasteiger partial charge in [-0.1, -0.05) is 24.3 Å². The van der Waals surface area contributed by atoms with Gasteiger partial charge in [-0.15, -0.1) is 12.4 Å². The van der Waals surface area contributed by atoms with E-state index in [1.165, 1.54) is 17.5 Å². The topological polar surface area (TPSA) is 61.4 Å². The van der Waals surface area contributed by atoms with Gasteiger partial charge in [0, 0.05) is 31.0 Å². The van der Waals surface area contributed by atoms with Crippen LogP contribution < -0.4 is 10.6 Å². The fourth-order valence-corrected chi connectivity index (χ4v) is 6.08. The Balaban J connectivity index is 0.00000218. The number of likely N-dealkylation sites (tertiary alicyclic amines) is 1. The Hall–Kier alpha value is -1.59. The van der Waals surface area contributed by atoms with E-state index in [1.54, 1.807) is 0 Å². The second kappa shape index (κ2) is 8.88. The minimum atomic E-state index is -0.0194. The molecule has 2 saturated heterocycles. The highest BCUT2D eigenvalue weighted by atomic mass is 35.5. The van der Waals surface area contributed by atoms with Crippen molar-refractivity contribution in [3.05, 3.63) is 35.4 Å². The van der Waals surface area contributed by atoms with Gasteiger partial charge in [0.1, 0.15) is 0 Å². The Morgan fingerprint density at radius 1 is 1.17 bits per heavy atom. The van der Waals surface area contributed by atoms with Gasteiger partial charge >= 0.3 is 0 Å². The maximum atomic E-state index is 13.4. The van der Waals surface area contributed by atoms with Crippen molar-refractivity contribution in [2.24, 2.45) is 11.8 Å². The fourth-order valence-electron chi connectivity index (χ4n) is 6.08. The molecule has 5 nitrogen and oxygen atoms in total. The van der Waals surface area contributed by atoms with Crippen molar-refractivity contribution in [2.45, 2.75) is 62.8 Å². The predicted octanol–water partition coefficient (Wildman–Crippen LogP) is 2.81. The van der Waals surface area contributed by atoms with E-state index in [9.17, 15) is 9.59 Å². The van der Waals surface area contributed by atoms with E-state index >= 15 is 0 Å². The van der Waals surface area contributed by atoms with E-state index in [2.05, 4.69) is 39.8 Å². The van der Waals surface area contributed by atoms with Crippen LogP contribution in [0.15, 0.2) is 24.3 Å². The number of aryl methyl sites for hydroxylation is 1. The van der Waals surface area contributed by atoms with Crippen LogP contribution in [0.2, 0.25) is 0 Å². The van der Waals surface area contributed by atoms with Crippen molar-refractivity contribution in [2.75, 3.05) is 26.2 Å². The average Bonchev–Trinajstić information content (AvgIpc) is 3.20.